The fourth-order valence-corrected chi connectivity index (χ4v) is 3.78. The molecule has 1 aromatic heterocycles. The van der Waals surface area contributed by atoms with E-state index >= 15 is 0 Å². The number of aliphatic hydroxyl groups excluding tert-OH is 1. The first-order chi connectivity index (χ1) is 9.18. The van der Waals surface area contributed by atoms with E-state index in [4.69, 9.17) is 0 Å². The van der Waals surface area contributed by atoms with Crippen molar-refractivity contribution < 1.29 is 9.90 Å². The summed E-state index contributed by atoms with van der Waals surface area (Å²) >= 11 is 0. The normalized spacial score (nSPS) is 28.0. The molecule has 1 heterocycles. The van der Waals surface area contributed by atoms with E-state index in [1.54, 1.807) is 0 Å². The second-order valence-corrected chi connectivity index (χ2v) is 6.07. The molecule has 3 nitrogen and oxygen atoms in total. The number of nitrogens with zero attached hydrogens (tertiary/aromatic N) is 1. The van der Waals surface area contributed by atoms with Gasteiger partial charge in [-0.3, -0.25) is 4.79 Å². The van der Waals surface area contributed by atoms with Crippen LogP contribution in [0.4, 0.5) is 0 Å². The molecule has 2 aliphatic rings. The molecule has 3 rings (SSSR count). The zero-order valence-electron chi connectivity index (χ0n) is 11.7. The highest BCUT2D eigenvalue weighted by molar-refractivity contribution is 5.98. The van der Waals surface area contributed by atoms with Gasteiger partial charge >= 0.3 is 0 Å². The number of hydrogen-bond acceptors (Lipinski definition) is 2. The monoisotopic (exact) mass is 261 g/mol. The highest BCUT2D eigenvalue weighted by atomic mass is 16.3. The lowest BCUT2D eigenvalue weighted by molar-refractivity contribution is 0.0953. The Bertz CT molecular complexity index is 489. The summed E-state index contributed by atoms with van der Waals surface area (Å²) in [5.74, 6) is 0.284. The number of ketones is 1. The Morgan fingerprint density at radius 2 is 1.95 bits per heavy atom. The minimum atomic E-state index is -0.255. The zero-order valence-corrected chi connectivity index (χ0v) is 11.7. The van der Waals surface area contributed by atoms with Crippen LogP contribution in [0.2, 0.25) is 0 Å². The third-order valence-electron chi connectivity index (χ3n) is 4.73. The van der Waals surface area contributed by atoms with E-state index < -0.39 is 0 Å². The lowest BCUT2D eigenvalue weighted by Crippen LogP contribution is -2.26. The van der Waals surface area contributed by atoms with Gasteiger partial charge in [0.1, 0.15) is 0 Å². The van der Waals surface area contributed by atoms with E-state index in [9.17, 15) is 9.90 Å². The Kier molecular flexibility index (Phi) is 3.48. The maximum atomic E-state index is 12.0. The Morgan fingerprint density at radius 1 is 1.16 bits per heavy atom. The quantitative estimate of drug-likeness (QED) is 0.789. The van der Waals surface area contributed by atoms with Crippen molar-refractivity contribution in [1.29, 1.82) is 0 Å². The Hall–Kier alpha value is -1.09. The van der Waals surface area contributed by atoms with Gasteiger partial charge in [-0.2, -0.15) is 0 Å². The second-order valence-electron chi connectivity index (χ2n) is 6.07. The molecule has 0 bridgehead atoms. The smallest absolute Gasteiger partial charge is 0.164 e. The topological polar surface area (TPSA) is 42.2 Å². The van der Waals surface area contributed by atoms with E-state index in [1.165, 1.54) is 18.5 Å². The number of rotatable bonds is 1. The number of fused-ring (bicyclic) bond motifs is 1. The van der Waals surface area contributed by atoms with Crippen LogP contribution in [0, 0.1) is 6.92 Å². The standard InChI is InChI=1S/C16H23NO2/c1-11-10-12-13(7-5-9-15(12)18)17(11)14-6-3-2-4-8-16(14)19/h10,14,16,19H,2-9H2,1H3. The highest BCUT2D eigenvalue weighted by Crippen LogP contribution is 2.34. The Labute approximate surface area is 114 Å². The van der Waals surface area contributed by atoms with Crippen LogP contribution in [-0.4, -0.2) is 21.6 Å². The molecule has 1 fully saturated rings. The molecule has 0 aromatic carbocycles. The fraction of sp³-hybridized carbons (Fsp3) is 0.688. The van der Waals surface area contributed by atoms with E-state index in [-0.39, 0.29) is 17.9 Å². The lowest BCUT2D eigenvalue weighted by atomic mass is 9.96. The average Bonchev–Trinajstić information content (AvgIpc) is 2.57. The van der Waals surface area contributed by atoms with Crippen LogP contribution in [-0.2, 0) is 6.42 Å². The van der Waals surface area contributed by atoms with Gasteiger partial charge < -0.3 is 9.67 Å². The summed E-state index contributed by atoms with van der Waals surface area (Å²) in [6.07, 6.45) is 7.83. The molecule has 19 heavy (non-hydrogen) atoms. The molecule has 3 heteroatoms. The summed E-state index contributed by atoms with van der Waals surface area (Å²) in [6, 6.07) is 2.21. The third-order valence-corrected chi connectivity index (χ3v) is 4.73. The average molecular weight is 261 g/mol. The number of Topliss-reactive ketones (excluding diaryl/α,β-unsaturated/α-hetero) is 1. The van der Waals surface area contributed by atoms with Crippen LogP contribution in [0.15, 0.2) is 6.07 Å². The van der Waals surface area contributed by atoms with E-state index in [2.05, 4.69) is 11.5 Å². The summed E-state index contributed by atoms with van der Waals surface area (Å²) in [6.45, 7) is 2.07. The van der Waals surface area contributed by atoms with Gasteiger partial charge in [-0.05, 0) is 38.7 Å². The van der Waals surface area contributed by atoms with Crippen molar-refractivity contribution in [3.8, 4) is 0 Å². The molecule has 1 saturated carbocycles. The predicted molar refractivity (Wildman–Crippen MR) is 74.6 cm³/mol. The van der Waals surface area contributed by atoms with Crippen molar-refractivity contribution in [3.63, 3.8) is 0 Å². The molecule has 0 amide bonds. The maximum absolute atomic E-state index is 12.0. The molecule has 2 unspecified atom stereocenters. The summed E-state index contributed by atoms with van der Waals surface area (Å²) in [5, 5.41) is 10.4. The minimum absolute atomic E-state index is 0.178. The molecule has 1 N–H and O–H groups in total. The molecule has 0 aliphatic heterocycles. The van der Waals surface area contributed by atoms with Gasteiger partial charge in [-0.15, -0.1) is 0 Å². The Balaban J connectivity index is 2.02. The van der Waals surface area contributed by atoms with Crippen molar-refractivity contribution in [2.24, 2.45) is 0 Å². The van der Waals surface area contributed by atoms with Crippen LogP contribution >= 0.6 is 0 Å². The zero-order chi connectivity index (χ0) is 13.4. The number of carbonyl (C=O) groups excluding carboxylic acids is 1. The van der Waals surface area contributed by atoms with Crippen molar-refractivity contribution >= 4 is 5.78 Å². The number of carbonyl (C=O) groups is 1. The van der Waals surface area contributed by atoms with Crippen LogP contribution in [0.3, 0.4) is 0 Å². The molecule has 2 atom stereocenters. The number of aliphatic hydroxyl groups is 1. The van der Waals surface area contributed by atoms with Gasteiger partial charge in [0.25, 0.3) is 0 Å². The van der Waals surface area contributed by atoms with Crippen LogP contribution < -0.4 is 0 Å². The van der Waals surface area contributed by atoms with Crippen molar-refractivity contribution in [2.75, 3.05) is 0 Å². The first-order valence-corrected chi connectivity index (χ1v) is 7.60. The van der Waals surface area contributed by atoms with Crippen LogP contribution in [0.25, 0.3) is 0 Å². The van der Waals surface area contributed by atoms with Gasteiger partial charge in [0.05, 0.1) is 12.1 Å². The first-order valence-electron chi connectivity index (χ1n) is 7.60. The summed E-state index contributed by atoms with van der Waals surface area (Å²) in [5.41, 5.74) is 3.24. The maximum Gasteiger partial charge on any atom is 0.164 e. The van der Waals surface area contributed by atoms with Crippen LogP contribution in [0.1, 0.15) is 72.7 Å². The minimum Gasteiger partial charge on any atom is -0.391 e. The van der Waals surface area contributed by atoms with Crippen molar-refractivity contribution in [2.45, 2.75) is 70.4 Å². The number of hydrogen-bond donors (Lipinski definition) is 1. The van der Waals surface area contributed by atoms with Crippen molar-refractivity contribution in [3.05, 3.63) is 23.0 Å². The van der Waals surface area contributed by atoms with E-state index in [0.717, 1.165) is 43.4 Å². The van der Waals surface area contributed by atoms with Crippen LogP contribution in [0.5, 0.6) is 0 Å². The lowest BCUT2D eigenvalue weighted by Gasteiger charge is -2.27. The van der Waals surface area contributed by atoms with Gasteiger partial charge in [0.2, 0.25) is 0 Å². The fourth-order valence-electron chi connectivity index (χ4n) is 3.78. The molecular weight excluding hydrogens is 238 g/mol. The SMILES string of the molecule is Cc1cc2c(n1C1CCCCCC1O)CCCC2=O. The number of aromatic nitrogens is 1. The van der Waals surface area contributed by atoms with Gasteiger partial charge in [0, 0.05) is 23.4 Å². The Morgan fingerprint density at radius 3 is 2.79 bits per heavy atom. The first kappa shape index (κ1) is 12.9. The molecule has 0 radical (unpaired) electrons. The highest BCUT2D eigenvalue weighted by Gasteiger charge is 2.30. The van der Waals surface area contributed by atoms with E-state index in [1.807, 2.05) is 6.07 Å². The second kappa shape index (κ2) is 5.12. The predicted octanol–water partition coefficient (Wildman–Crippen LogP) is 3.18. The third kappa shape index (κ3) is 2.25. The molecule has 2 aliphatic carbocycles. The van der Waals surface area contributed by atoms with E-state index in [0.29, 0.717) is 6.42 Å². The molecule has 104 valence electrons. The van der Waals surface area contributed by atoms with Gasteiger partial charge in [0.15, 0.2) is 5.78 Å². The molecule has 1 aromatic rings. The van der Waals surface area contributed by atoms with Gasteiger partial charge in [-0.1, -0.05) is 19.3 Å². The van der Waals surface area contributed by atoms with Gasteiger partial charge in [-0.25, -0.2) is 0 Å². The molecule has 0 spiro atoms. The van der Waals surface area contributed by atoms with Crippen molar-refractivity contribution in [1.82, 2.24) is 4.57 Å². The largest absolute Gasteiger partial charge is 0.391 e. The molecule has 0 saturated heterocycles. The molecular formula is C16H23NO2. The summed E-state index contributed by atoms with van der Waals surface area (Å²) < 4.78 is 2.28. The summed E-state index contributed by atoms with van der Waals surface area (Å²) in [7, 11) is 0. The number of aryl methyl sites for hydroxylation is 1. The summed E-state index contributed by atoms with van der Waals surface area (Å²) in [4.78, 5) is 12.0.